The standard InChI is InChI=1S/C34H37N3O4/c1-22-7-11-27-25(19-22)33(3,4)29(36(27)17-15-31(38)39)13-9-24(21-35)10-14-30-34(5,6)26-20-23(2)8-12-28(26)37(30)18-16-32(40)41/h7-14,19-20H,15-18H2,1-6H3,(H-,38,39,40,41)/p+1. The predicted molar refractivity (Wildman–Crippen MR) is 161 cm³/mol. The number of carbonyl (C=O) groups is 2. The Morgan fingerprint density at radius 2 is 1.59 bits per heavy atom. The minimum absolute atomic E-state index is 0.00489. The highest BCUT2D eigenvalue weighted by Crippen LogP contribution is 2.48. The fourth-order valence-corrected chi connectivity index (χ4v) is 5.94. The van der Waals surface area contributed by atoms with Gasteiger partial charge in [-0.3, -0.25) is 9.59 Å². The van der Waals surface area contributed by atoms with E-state index in [0.717, 1.165) is 45.0 Å². The average Bonchev–Trinajstić information content (AvgIpc) is 3.24. The van der Waals surface area contributed by atoms with Crippen molar-refractivity contribution in [2.45, 2.75) is 65.2 Å². The van der Waals surface area contributed by atoms with Crippen LogP contribution in [0, 0.1) is 25.2 Å². The molecule has 7 heteroatoms. The van der Waals surface area contributed by atoms with Crippen molar-refractivity contribution in [3.05, 3.63) is 94.2 Å². The Morgan fingerprint density at radius 3 is 2.22 bits per heavy atom. The van der Waals surface area contributed by atoms with Crippen LogP contribution in [0.15, 0.2) is 72.0 Å². The van der Waals surface area contributed by atoms with E-state index < -0.39 is 11.9 Å². The molecule has 0 spiro atoms. The van der Waals surface area contributed by atoms with Crippen LogP contribution < -0.4 is 4.90 Å². The van der Waals surface area contributed by atoms with Gasteiger partial charge in [-0.15, -0.1) is 0 Å². The van der Waals surface area contributed by atoms with Crippen molar-refractivity contribution >= 4 is 29.0 Å². The summed E-state index contributed by atoms with van der Waals surface area (Å²) >= 11 is 0. The van der Waals surface area contributed by atoms with Crippen molar-refractivity contribution in [1.29, 1.82) is 5.26 Å². The van der Waals surface area contributed by atoms with Crippen LogP contribution in [0.1, 0.15) is 62.8 Å². The summed E-state index contributed by atoms with van der Waals surface area (Å²) in [5, 5.41) is 28.8. The summed E-state index contributed by atoms with van der Waals surface area (Å²) in [5.41, 5.74) is 8.03. The van der Waals surface area contributed by atoms with Gasteiger partial charge >= 0.3 is 11.9 Å². The molecule has 0 unspecified atom stereocenters. The number of carboxylic acid groups (broad SMARTS) is 2. The Balaban J connectivity index is 1.75. The van der Waals surface area contributed by atoms with Crippen LogP contribution >= 0.6 is 0 Å². The van der Waals surface area contributed by atoms with E-state index in [1.807, 2.05) is 59.7 Å². The van der Waals surface area contributed by atoms with Gasteiger partial charge < -0.3 is 15.1 Å². The molecule has 7 nitrogen and oxygen atoms in total. The Labute approximate surface area is 242 Å². The molecule has 0 atom stereocenters. The number of nitriles is 1. The SMILES string of the molecule is Cc1ccc2c(c1)C(C)(C)C(/C=C/C(C#N)=C/C=C1/N(CCC(=O)O)c3ccc(C)cc3C1(C)C)=[N+]2CCC(=O)O. The van der Waals surface area contributed by atoms with Crippen molar-refractivity contribution in [1.82, 2.24) is 0 Å². The molecule has 0 aliphatic carbocycles. The van der Waals surface area contributed by atoms with E-state index in [1.54, 1.807) is 12.2 Å². The van der Waals surface area contributed by atoms with Gasteiger partial charge in [0, 0.05) is 41.1 Å². The Kier molecular flexibility index (Phi) is 8.08. The number of allylic oxidation sites excluding steroid dienone is 6. The van der Waals surface area contributed by atoms with Gasteiger partial charge in [-0.05, 0) is 63.6 Å². The number of anilines is 1. The van der Waals surface area contributed by atoms with Gasteiger partial charge in [-0.25, -0.2) is 0 Å². The molecule has 2 aromatic rings. The van der Waals surface area contributed by atoms with Crippen molar-refractivity contribution < 1.29 is 24.4 Å². The molecule has 2 N–H and O–H groups in total. The monoisotopic (exact) mass is 552 g/mol. The van der Waals surface area contributed by atoms with E-state index in [-0.39, 0.29) is 23.7 Å². The van der Waals surface area contributed by atoms with E-state index in [4.69, 9.17) is 0 Å². The van der Waals surface area contributed by atoms with E-state index in [0.29, 0.717) is 18.7 Å². The molecule has 0 aromatic heterocycles. The molecule has 0 bridgehead atoms. The molecule has 2 aliphatic heterocycles. The maximum absolute atomic E-state index is 11.4. The number of nitrogens with zero attached hydrogens (tertiary/aromatic N) is 3. The van der Waals surface area contributed by atoms with Gasteiger partial charge in [-0.1, -0.05) is 43.2 Å². The molecule has 41 heavy (non-hydrogen) atoms. The molecule has 2 aliphatic rings. The van der Waals surface area contributed by atoms with E-state index >= 15 is 0 Å². The van der Waals surface area contributed by atoms with Crippen molar-refractivity contribution in [3.63, 3.8) is 0 Å². The highest BCUT2D eigenvalue weighted by molar-refractivity contribution is 6.03. The minimum atomic E-state index is -0.862. The molecule has 2 aromatic carbocycles. The number of aliphatic carboxylic acids is 2. The van der Waals surface area contributed by atoms with Gasteiger partial charge in [-0.2, -0.15) is 9.84 Å². The first kappa shape index (κ1) is 29.5. The van der Waals surface area contributed by atoms with Gasteiger partial charge in [0.1, 0.15) is 6.42 Å². The van der Waals surface area contributed by atoms with E-state index in [9.17, 15) is 25.1 Å². The van der Waals surface area contributed by atoms with Crippen molar-refractivity contribution in [2.75, 3.05) is 18.0 Å². The zero-order valence-electron chi connectivity index (χ0n) is 24.7. The molecular formula is C34H38N3O4+. The first-order chi connectivity index (χ1) is 19.3. The second-order valence-corrected chi connectivity index (χ2v) is 11.9. The van der Waals surface area contributed by atoms with Crippen molar-refractivity contribution in [2.24, 2.45) is 0 Å². The third kappa shape index (κ3) is 5.74. The van der Waals surface area contributed by atoms with E-state index in [2.05, 4.69) is 45.9 Å². The van der Waals surface area contributed by atoms with Crippen molar-refractivity contribution in [3.8, 4) is 6.07 Å². The zero-order chi connectivity index (χ0) is 30.1. The average molecular weight is 553 g/mol. The maximum atomic E-state index is 11.4. The quantitative estimate of drug-likeness (QED) is 0.214. The molecule has 0 fully saturated rings. The lowest BCUT2D eigenvalue weighted by Crippen LogP contribution is -2.28. The van der Waals surface area contributed by atoms with Gasteiger partial charge in [0.05, 0.1) is 23.5 Å². The number of fused-ring (bicyclic) bond motifs is 2. The first-order valence-electron chi connectivity index (χ1n) is 13.9. The number of hydrogen-bond donors (Lipinski definition) is 2. The molecule has 0 amide bonds. The van der Waals surface area contributed by atoms with Crippen LogP contribution in [-0.4, -0.2) is 45.5 Å². The molecule has 212 valence electrons. The Morgan fingerprint density at radius 1 is 0.951 bits per heavy atom. The third-order valence-corrected chi connectivity index (χ3v) is 8.16. The molecular weight excluding hydrogens is 514 g/mol. The fourth-order valence-electron chi connectivity index (χ4n) is 5.94. The van der Waals surface area contributed by atoms with Crippen LogP contribution in [0.5, 0.6) is 0 Å². The highest BCUT2D eigenvalue weighted by atomic mass is 16.4. The summed E-state index contributed by atoms with van der Waals surface area (Å²) in [6, 6.07) is 14.7. The number of hydrogen-bond acceptors (Lipinski definition) is 4. The summed E-state index contributed by atoms with van der Waals surface area (Å²) < 4.78 is 2.04. The summed E-state index contributed by atoms with van der Waals surface area (Å²) in [7, 11) is 0. The minimum Gasteiger partial charge on any atom is -0.481 e. The summed E-state index contributed by atoms with van der Waals surface area (Å²) in [6.07, 6.45) is 7.39. The van der Waals surface area contributed by atoms with Gasteiger partial charge in [0.15, 0.2) is 12.3 Å². The topological polar surface area (TPSA) is 105 Å². The van der Waals surface area contributed by atoms with Crippen LogP contribution in [0.3, 0.4) is 0 Å². The second-order valence-electron chi connectivity index (χ2n) is 11.9. The van der Waals surface area contributed by atoms with Crippen LogP contribution in [0.4, 0.5) is 11.4 Å². The van der Waals surface area contributed by atoms with Crippen LogP contribution in [-0.2, 0) is 20.4 Å². The number of aryl methyl sites for hydroxylation is 2. The highest BCUT2D eigenvalue weighted by Gasteiger charge is 2.44. The maximum Gasteiger partial charge on any atom is 0.309 e. The predicted octanol–water partition coefficient (Wildman–Crippen LogP) is 6.32. The second kappa shape index (κ2) is 11.2. The molecule has 0 saturated carbocycles. The Hall–Kier alpha value is -4.44. The van der Waals surface area contributed by atoms with Crippen LogP contribution in [0.2, 0.25) is 0 Å². The third-order valence-electron chi connectivity index (χ3n) is 8.16. The fraction of sp³-hybridized carbons (Fsp3) is 0.353. The summed E-state index contributed by atoms with van der Waals surface area (Å²) in [4.78, 5) is 24.9. The van der Waals surface area contributed by atoms with Gasteiger partial charge in [0.25, 0.3) is 0 Å². The Bertz CT molecular complexity index is 1580. The van der Waals surface area contributed by atoms with E-state index in [1.165, 1.54) is 0 Å². The molecule has 0 radical (unpaired) electrons. The molecule has 0 saturated heterocycles. The van der Waals surface area contributed by atoms with Gasteiger partial charge in [0.2, 0.25) is 5.69 Å². The smallest absolute Gasteiger partial charge is 0.309 e. The lowest BCUT2D eigenvalue weighted by Gasteiger charge is -2.26. The molecule has 4 rings (SSSR count). The summed E-state index contributed by atoms with van der Waals surface area (Å²) in [6.45, 7) is 13.2. The number of rotatable bonds is 9. The first-order valence-corrected chi connectivity index (χ1v) is 13.9. The summed E-state index contributed by atoms with van der Waals surface area (Å²) in [5.74, 6) is -1.72. The largest absolute Gasteiger partial charge is 0.481 e. The number of carboxylic acids is 2. The zero-order valence-corrected chi connectivity index (χ0v) is 24.7. The van der Waals surface area contributed by atoms with Crippen LogP contribution in [0.25, 0.3) is 0 Å². The normalized spacial score (nSPS) is 18.1. The lowest BCUT2D eigenvalue weighted by molar-refractivity contribution is -0.436. The molecule has 2 heterocycles. The lowest BCUT2D eigenvalue weighted by atomic mass is 9.80. The number of benzene rings is 2.